The highest BCUT2D eigenvalue weighted by Crippen LogP contribution is 2.37. The van der Waals surface area contributed by atoms with Crippen molar-refractivity contribution in [2.75, 3.05) is 13.7 Å². The molecule has 96 valence electrons. The van der Waals surface area contributed by atoms with Crippen LogP contribution in [0.2, 0.25) is 0 Å². The average Bonchev–Trinajstić information content (AvgIpc) is 2.23. The maximum absolute atomic E-state index is 5.77. The highest BCUT2D eigenvalue weighted by Gasteiger charge is 2.13. The molecule has 0 atom stereocenters. The van der Waals surface area contributed by atoms with Gasteiger partial charge in [-0.15, -0.1) is 0 Å². The van der Waals surface area contributed by atoms with Gasteiger partial charge in [0, 0.05) is 6.54 Å². The largest absolute Gasteiger partial charge is 0.490 e. The lowest BCUT2D eigenvalue weighted by atomic mass is 10.2. The molecule has 0 fully saturated rings. The van der Waals surface area contributed by atoms with E-state index < -0.39 is 0 Å². The standard InChI is InChI=1S/C13H20BrNO2/c1-5-16-12-7-10(8-15-4)6-11(14)13(12)17-9(2)3/h6-7,9,15H,5,8H2,1-4H3. The Bertz CT molecular complexity index is 367. The molecule has 0 radical (unpaired) electrons. The minimum absolute atomic E-state index is 0.126. The fraction of sp³-hybridized carbons (Fsp3) is 0.538. The fourth-order valence-electron chi connectivity index (χ4n) is 1.54. The summed E-state index contributed by atoms with van der Waals surface area (Å²) in [6.45, 7) is 7.41. The lowest BCUT2D eigenvalue weighted by Gasteiger charge is -2.17. The van der Waals surface area contributed by atoms with Crippen molar-refractivity contribution in [2.24, 2.45) is 0 Å². The minimum atomic E-state index is 0.126. The molecule has 0 spiro atoms. The summed E-state index contributed by atoms with van der Waals surface area (Å²) in [6, 6.07) is 4.07. The normalized spacial score (nSPS) is 10.7. The maximum Gasteiger partial charge on any atom is 0.175 e. The SMILES string of the molecule is CCOc1cc(CNC)cc(Br)c1OC(C)C. The Morgan fingerprint density at radius 3 is 2.59 bits per heavy atom. The van der Waals surface area contributed by atoms with Crippen molar-refractivity contribution in [1.29, 1.82) is 0 Å². The van der Waals surface area contributed by atoms with Gasteiger partial charge < -0.3 is 14.8 Å². The van der Waals surface area contributed by atoms with Crippen LogP contribution in [0.4, 0.5) is 0 Å². The topological polar surface area (TPSA) is 30.5 Å². The number of rotatable bonds is 6. The summed E-state index contributed by atoms with van der Waals surface area (Å²) >= 11 is 3.53. The van der Waals surface area contributed by atoms with Crippen LogP contribution in [-0.4, -0.2) is 19.8 Å². The van der Waals surface area contributed by atoms with Gasteiger partial charge in [-0.05, 0) is 61.4 Å². The van der Waals surface area contributed by atoms with E-state index in [1.54, 1.807) is 0 Å². The van der Waals surface area contributed by atoms with Crippen molar-refractivity contribution >= 4 is 15.9 Å². The van der Waals surface area contributed by atoms with Crippen molar-refractivity contribution in [2.45, 2.75) is 33.4 Å². The predicted molar refractivity (Wildman–Crippen MR) is 73.8 cm³/mol. The second-order valence-electron chi connectivity index (χ2n) is 4.03. The number of ether oxygens (including phenoxy) is 2. The van der Waals surface area contributed by atoms with Crippen LogP contribution in [0, 0.1) is 0 Å². The second-order valence-corrected chi connectivity index (χ2v) is 4.89. The van der Waals surface area contributed by atoms with Gasteiger partial charge in [-0.2, -0.15) is 0 Å². The maximum atomic E-state index is 5.77. The Kier molecular flexibility index (Phi) is 5.78. The van der Waals surface area contributed by atoms with E-state index in [1.165, 1.54) is 5.56 Å². The van der Waals surface area contributed by atoms with Crippen LogP contribution >= 0.6 is 15.9 Å². The van der Waals surface area contributed by atoms with Crippen LogP contribution in [0.3, 0.4) is 0 Å². The number of hydrogen-bond donors (Lipinski definition) is 1. The molecule has 0 aliphatic rings. The van der Waals surface area contributed by atoms with Gasteiger partial charge in [0.15, 0.2) is 11.5 Å². The highest BCUT2D eigenvalue weighted by molar-refractivity contribution is 9.10. The molecule has 1 aromatic carbocycles. The quantitative estimate of drug-likeness (QED) is 0.874. The molecule has 1 aromatic rings. The molecule has 0 amide bonds. The van der Waals surface area contributed by atoms with Gasteiger partial charge in [0.1, 0.15) is 0 Å². The van der Waals surface area contributed by atoms with Gasteiger partial charge in [-0.1, -0.05) is 0 Å². The molecule has 1 rings (SSSR count). The first-order chi connectivity index (χ1) is 8.08. The minimum Gasteiger partial charge on any atom is -0.490 e. The molecule has 1 N–H and O–H groups in total. The van der Waals surface area contributed by atoms with Gasteiger partial charge in [0.2, 0.25) is 0 Å². The molecule has 0 aliphatic heterocycles. The van der Waals surface area contributed by atoms with E-state index >= 15 is 0 Å². The van der Waals surface area contributed by atoms with Gasteiger partial charge in [-0.3, -0.25) is 0 Å². The number of halogens is 1. The second kappa shape index (κ2) is 6.87. The highest BCUT2D eigenvalue weighted by atomic mass is 79.9. The summed E-state index contributed by atoms with van der Waals surface area (Å²) in [5, 5.41) is 3.12. The van der Waals surface area contributed by atoms with E-state index in [1.807, 2.05) is 33.9 Å². The van der Waals surface area contributed by atoms with Gasteiger partial charge in [-0.25, -0.2) is 0 Å². The third-order valence-corrected chi connectivity index (χ3v) is 2.69. The van der Waals surface area contributed by atoms with Crippen molar-refractivity contribution in [3.8, 4) is 11.5 Å². The molecule has 17 heavy (non-hydrogen) atoms. The van der Waals surface area contributed by atoms with Crippen LogP contribution in [0.5, 0.6) is 11.5 Å². The lowest BCUT2D eigenvalue weighted by Crippen LogP contribution is -2.10. The Morgan fingerprint density at radius 1 is 1.35 bits per heavy atom. The third kappa shape index (κ3) is 4.21. The Balaban J connectivity index is 3.08. The first-order valence-corrected chi connectivity index (χ1v) is 6.64. The third-order valence-electron chi connectivity index (χ3n) is 2.10. The molecule has 0 saturated heterocycles. The van der Waals surface area contributed by atoms with Crippen molar-refractivity contribution in [3.63, 3.8) is 0 Å². The van der Waals surface area contributed by atoms with Crippen LogP contribution in [0.25, 0.3) is 0 Å². The van der Waals surface area contributed by atoms with Gasteiger partial charge in [0.05, 0.1) is 17.2 Å². The summed E-state index contributed by atoms with van der Waals surface area (Å²) in [7, 11) is 1.92. The van der Waals surface area contributed by atoms with Crippen LogP contribution in [-0.2, 0) is 6.54 Å². The van der Waals surface area contributed by atoms with Crippen LogP contribution < -0.4 is 14.8 Å². The summed E-state index contributed by atoms with van der Waals surface area (Å²) in [6.07, 6.45) is 0.126. The van der Waals surface area contributed by atoms with E-state index in [0.717, 1.165) is 22.5 Å². The van der Waals surface area contributed by atoms with Gasteiger partial charge in [0.25, 0.3) is 0 Å². The van der Waals surface area contributed by atoms with E-state index in [4.69, 9.17) is 9.47 Å². The summed E-state index contributed by atoms with van der Waals surface area (Å²) in [5.41, 5.74) is 1.17. The molecule has 0 saturated carbocycles. The molecule has 0 unspecified atom stereocenters. The average molecular weight is 302 g/mol. The Hall–Kier alpha value is -0.740. The monoisotopic (exact) mass is 301 g/mol. The molecular formula is C13H20BrNO2. The fourth-order valence-corrected chi connectivity index (χ4v) is 2.12. The summed E-state index contributed by atoms with van der Waals surface area (Å²) < 4.78 is 12.3. The molecular weight excluding hydrogens is 282 g/mol. The van der Waals surface area contributed by atoms with Crippen molar-refractivity contribution < 1.29 is 9.47 Å². The smallest absolute Gasteiger partial charge is 0.175 e. The zero-order chi connectivity index (χ0) is 12.8. The zero-order valence-electron chi connectivity index (χ0n) is 10.8. The van der Waals surface area contributed by atoms with Crippen LogP contribution in [0.1, 0.15) is 26.3 Å². The van der Waals surface area contributed by atoms with E-state index in [-0.39, 0.29) is 6.10 Å². The number of benzene rings is 1. The summed E-state index contributed by atoms with van der Waals surface area (Å²) in [4.78, 5) is 0. The molecule has 0 heterocycles. The number of hydrogen-bond acceptors (Lipinski definition) is 3. The first kappa shape index (κ1) is 14.3. The van der Waals surface area contributed by atoms with Crippen molar-refractivity contribution in [1.82, 2.24) is 5.32 Å². The first-order valence-electron chi connectivity index (χ1n) is 5.85. The molecule has 0 aliphatic carbocycles. The van der Waals surface area contributed by atoms with Gasteiger partial charge >= 0.3 is 0 Å². The van der Waals surface area contributed by atoms with E-state index in [0.29, 0.717) is 6.61 Å². The van der Waals surface area contributed by atoms with Crippen LogP contribution in [0.15, 0.2) is 16.6 Å². The predicted octanol–water partition coefficient (Wildman–Crippen LogP) is 3.35. The molecule has 3 nitrogen and oxygen atoms in total. The lowest BCUT2D eigenvalue weighted by molar-refractivity contribution is 0.222. The molecule has 4 heteroatoms. The van der Waals surface area contributed by atoms with E-state index in [9.17, 15) is 0 Å². The number of nitrogens with one attached hydrogen (secondary N) is 1. The van der Waals surface area contributed by atoms with Crippen molar-refractivity contribution in [3.05, 3.63) is 22.2 Å². The zero-order valence-corrected chi connectivity index (χ0v) is 12.4. The Morgan fingerprint density at radius 2 is 2.06 bits per heavy atom. The Labute approximate surface area is 112 Å². The van der Waals surface area contributed by atoms with E-state index in [2.05, 4.69) is 27.3 Å². The summed E-state index contributed by atoms with van der Waals surface area (Å²) in [5.74, 6) is 1.57. The molecule has 0 bridgehead atoms. The molecule has 0 aromatic heterocycles.